The fourth-order valence-corrected chi connectivity index (χ4v) is 3.31. The van der Waals surface area contributed by atoms with Gasteiger partial charge in [-0.3, -0.25) is 0 Å². The Morgan fingerprint density at radius 3 is 2.53 bits per heavy atom. The summed E-state index contributed by atoms with van der Waals surface area (Å²) in [5, 5.41) is 5.17. The van der Waals surface area contributed by atoms with Crippen molar-refractivity contribution >= 4 is 23.2 Å². The summed E-state index contributed by atoms with van der Waals surface area (Å²) in [6.45, 7) is 3.10. The van der Waals surface area contributed by atoms with Gasteiger partial charge >= 0.3 is 0 Å². The summed E-state index contributed by atoms with van der Waals surface area (Å²) in [4.78, 5) is 0. The molecule has 0 saturated heterocycles. The third-order valence-corrected chi connectivity index (χ3v) is 4.83. The van der Waals surface area contributed by atoms with Crippen molar-refractivity contribution in [2.75, 3.05) is 0 Å². The minimum absolute atomic E-state index is 0.549. The molecule has 0 heterocycles. The number of nitrogens with one attached hydrogen (secondary N) is 1. The van der Waals surface area contributed by atoms with Gasteiger partial charge in [0.1, 0.15) is 0 Å². The van der Waals surface area contributed by atoms with Gasteiger partial charge in [-0.25, -0.2) is 0 Å². The molecular weight excluding hydrogens is 277 g/mol. The lowest BCUT2D eigenvalue weighted by molar-refractivity contribution is 0.336. The maximum atomic E-state index is 6.19. The lowest BCUT2D eigenvalue weighted by atomic mass is 9.93. The van der Waals surface area contributed by atoms with Crippen LogP contribution < -0.4 is 5.32 Å². The SMILES string of the molecule is C[C@@H](NCc1cc(Cl)ccc1Cl)C1CCCCCC1. The Morgan fingerprint density at radius 1 is 1.16 bits per heavy atom. The lowest BCUT2D eigenvalue weighted by Crippen LogP contribution is -2.33. The van der Waals surface area contributed by atoms with Crippen LogP contribution >= 0.6 is 23.2 Å². The molecule has 1 atom stereocenters. The van der Waals surface area contributed by atoms with Crippen molar-refractivity contribution in [3.05, 3.63) is 33.8 Å². The Labute approximate surface area is 126 Å². The third kappa shape index (κ3) is 4.66. The van der Waals surface area contributed by atoms with Crippen LogP contribution in [0.3, 0.4) is 0 Å². The van der Waals surface area contributed by atoms with Gasteiger partial charge in [0.15, 0.2) is 0 Å². The van der Waals surface area contributed by atoms with Crippen molar-refractivity contribution in [1.82, 2.24) is 5.32 Å². The topological polar surface area (TPSA) is 12.0 Å². The molecule has 1 aromatic rings. The summed E-state index contributed by atoms with van der Waals surface area (Å²) < 4.78 is 0. The first-order valence-electron chi connectivity index (χ1n) is 7.34. The molecule has 0 spiro atoms. The van der Waals surface area contributed by atoms with E-state index in [1.54, 1.807) is 0 Å². The molecule has 2 rings (SSSR count). The Bertz CT molecular complexity index is 398. The second-order valence-corrected chi connectivity index (χ2v) is 6.50. The molecule has 1 fully saturated rings. The van der Waals surface area contributed by atoms with Gasteiger partial charge in [-0.1, -0.05) is 48.9 Å². The average molecular weight is 300 g/mol. The maximum absolute atomic E-state index is 6.19. The zero-order valence-electron chi connectivity index (χ0n) is 11.6. The van der Waals surface area contributed by atoms with Gasteiger partial charge in [0.05, 0.1) is 0 Å². The van der Waals surface area contributed by atoms with Crippen LogP contribution in [0.2, 0.25) is 10.0 Å². The molecule has 0 radical (unpaired) electrons. The van der Waals surface area contributed by atoms with Gasteiger partial charge in [0.2, 0.25) is 0 Å². The van der Waals surface area contributed by atoms with Gasteiger partial charge in [0, 0.05) is 22.6 Å². The number of halogens is 2. The summed E-state index contributed by atoms with van der Waals surface area (Å²) >= 11 is 12.2. The normalized spacial score (nSPS) is 19.1. The molecule has 1 N–H and O–H groups in total. The van der Waals surface area contributed by atoms with Gasteiger partial charge in [-0.2, -0.15) is 0 Å². The van der Waals surface area contributed by atoms with Crippen molar-refractivity contribution in [1.29, 1.82) is 0 Å². The van der Waals surface area contributed by atoms with Crippen LogP contribution in [0.15, 0.2) is 18.2 Å². The van der Waals surface area contributed by atoms with Gasteiger partial charge in [0.25, 0.3) is 0 Å². The zero-order valence-corrected chi connectivity index (χ0v) is 13.1. The van der Waals surface area contributed by atoms with Crippen LogP contribution in [0.4, 0.5) is 0 Å². The second-order valence-electron chi connectivity index (χ2n) is 5.66. The molecule has 1 aliphatic rings. The van der Waals surface area contributed by atoms with E-state index in [1.807, 2.05) is 18.2 Å². The maximum Gasteiger partial charge on any atom is 0.0451 e. The largest absolute Gasteiger partial charge is 0.310 e. The van der Waals surface area contributed by atoms with Crippen molar-refractivity contribution in [2.24, 2.45) is 5.92 Å². The second kappa shape index (κ2) is 7.52. The first kappa shape index (κ1) is 15.2. The quantitative estimate of drug-likeness (QED) is 0.730. The summed E-state index contributed by atoms with van der Waals surface area (Å²) in [6, 6.07) is 6.21. The highest BCUT2D eigenvalue weighted by Gasteiger charge is 2.18. The molecule has 0 aromatic heterocycles. The molecule has 3 heteroatoms. The van der Waals surface area contributed by atoms with E-state index in [0.717, 1.165) is 28.1 Å². The number of hydrogen-bond acceptors (Lipinski definition) is 1. The van der Waals surface area contributed by atoms with Crippen molar-refractivity contribution < 1.29 is 0 Å². The molecule has 1 aromatic carbocycles. The van der Waals surface area contributed by atoms with Gasteiger partial charge < -0.3 is 5.32 Å². The highest BCUT2D eigenvalue weighted by atomic mass is 35.5. The van der Waals surface area contributed by atoms with E-state index < -0.39 is 0 Å². The Morgan fingerprint density at radius 2 is 1.84 bits per heavy atom. The van der Waals surface area contributed by atoms with E-state index in [0.29, 0.717) is 6.04 Å². The highest BCUT2D eigenvalue weighted by molar-refractivity contribution is 6.33. The average Bonchev–Trinajstić information content (AvgIpc) is 2.68. The minimum Gasteiger partial charge on any atom is -0.310 e. The Hall–Kier alpha value is -0.240. The number of benzene rings is 1. The van der Waals surface area contributed by atoms with E-state index in [2.05, 4.69) is 12.2 Å². The number of hydrogen-bond donors (Lipinski definition) is 1. The van der Waals surface area contributed by atoms with Crippen molar-refractivity contribution in [2.45, 2.75) is 58.0 Å². The molecule has 0 bridgehead atoms. The summed E-state index contributed by atoms with van der Waals surface area (Å²) in [6.07, 6.45) is 8.30. The molecule has 1 aliphatic carbocycles. The van der Waals surface area contributed by atoms with Crippen molar-refractivity contribution in [3.63, 3.8) is 0 Å². The predicted molar refractivity (Wildman–Crippen MR) is 84.0 cm³/mol. The Balaban J connectivity index is 1.88. The summed E-state index contributed by atoms with van der Waals surface area (Å²) in [5.41, 5.74) is 1.09. The van der Waals surface area contributed by atoms with Crippen LogP contribution in [0.25, 0.3) is 0 Å². The minimum atomic E-state index is 0.549. The molecular formula is C16H23Cl2N. The molecule has 0 amide bonds. The van der Waals surface area contributed by atoms with Crippen LogP contribution in [0.1, 0.15) is 51.0 Å². The molecule has 19 heavy (non-hydrogen) atoms. The van der Waals surface area contributed by atoms with Crippen LogP contribution in [-0.2, 0) is 6.54 Å². The Kier molecular flexibility index (Phi) is 6.00. The van der Waals surface area contributed by atoms with E-state index in [-0.39, 0.29) is 0 Å². The molecule has 1 nitrogen and oxygen atoms in total. The lowest BCUT2D eigenvalue weighted by Gasteiger charge is -2.24. The fourth-order valence-electron chi connectivity index (χ4n) is 2.93. The fraction of sp³-hybridized carbons (Fsp3) is 0.625. The first-order chi connectivity index (χ1) is 9.16. The third-order valence-electron chi connectivity index (χ3n) is 4.23. The smallest absolute Gasteiger partial charge is 0.0451 e. The predicted octanol–water partition coefficient (Wildman–Crippen LogP) is 5.44. The zero-order chi connectivity index (χ0) is 13.7. The highest BCUT2D eigenvalue weighted by Crippen LogP contribution is 2.26. The van der Waals surface area contributed by atoms with E-state index in [4.69, 9.17) is 23.2 Å². The molecule has 1 saturated carbocycles. The first-order valence-corrected chi connectivity index (χ1v) is 8.09. The standard InChI is InChI=1S/C16H23Cl2N/c1-12(13-6-4-2-3-5-7-13)19-11-14-10-15(17)8-9-16(14)18/h8-10,12-13,19H,2-7,11H2,1H3/t12-/m1/s1. The monoisotopic (exact) mass is 299 g/mol. The van der Waals surface area contributed by atoms with Crippen LogP contribution in [0, 0.1) is 5.92 Å². The molecule has 0 unspecified atom stereocenters. The van der Waals surface area contributed by atoms with E-state index in [1.165, 1.54) is 38.5 Å². The van der Waals surface area contributed by atoms with E-state index >= 15 is 0 Å². The summed E-state index contributed by atoms with van der Waals surface area (Å²) in [7, 11) is 0. The van der Waals surface area contributed by atoms with Gasteiger partial charge in [-0.15, -0.1) is 0 Å². The van der Waals surface area contributed by atoms with Crippen molar-refractivity contribution in [3.8, 4) is 0 Å². The summed E-state index contributed by atoms with van der Waals surface area (Å²) in [5.74, 6) is 0.806. The number of rotatable bonds is 4. The molecule has 0 aliphatic heterocycles. The molecule has 106 valence electrons. The van der Waals surface area contributed by atoms with E-state index in [9.17, 15) is 0 Å². The van der Waals surface area contributed by atoms with Crippen LogP contribution in [-0.4, -0.2) is 6.04 Å². The van der Waals surface area contributed by atoms with Crippen LogP contribution in [0.5, 0.6) is 0 Å². The van der Waals surface area contributed by atoms with Gasteiger partial charge in [-0.05, 0) is 49.4 Å².